The average Bonchev–Trinajstić information content (AvgIpc) is 2.67. The molecule has 3 rings (SSSR count). The van der Waals surface area contributed by atoms with Crippen LogP contribution in [0.2, 0.25) is 0 Å². The monoisotopic (exact) mass is 367 g/mol. The van der Waals surface area contributed by atoms with Gasteiger partial charge in [-0.05, 0) is 31.5 Å². The van der Waals surface area contributed by atoms with E-state index < -0.39 is 0 Å². The number of hydrogen-bond acceptors (Lipinski definition) is 5. The van der Waals surface area contributed by atoms with Crippen LogP contribution in [-0.2, 0) is 13.1 Å². The van der Waals surface area contributed by atoms with Crippen LogP contribution >= 0.6 is 0 Å². The fraction of sp³-hybridized carbons (Fsp3) is 0.316. The van der Waals surface area contributed by atoms with E-state index in [1.54, 1.807) is 18.2 Å². The Morgan fingerprint density at radius 3 is 2.67 bits per heavy atom. The van der Waals surface area contributed by atoms with Crippen molar-refractivity contribution in [3.05, 3.63) is 68.6 Å². The molecule has 3 aromatic rings. The predicted octanol–water partition coefficient (Wildman–Crippen LogP) is 1.55. The van der Waals surface area contributed by atoms with Crippen LogP contribution in [0.25, 0.3) is 10.9 Å². The quantitative estimate of drug-likeness (QED) is 0.712. The van der Waals surface area contributed by atoms with Crippen molar-refractivity contribution >= 4 is 16.8 Å². The van der Waals surface area contributed by atoms with Crippen molar-refractivity contribution in [2.45, 2.75) is 33.4 Å². The average molecular weight is 367 g/mol. The molecule has 0 saturated heterocycles. The molecule has 0 aliphatic rings. The second-order valence-corrected chi connectivity index (χ2v) is 6.13. The van der Waals surface area contributed by atoms with E-state index in [4.69, 9.17) is 0 Å². The minimum absolute atomic E-state index is 0.143. The summed E-state index contributed by atoms with van der Waals surface area (Å²) in [6, 6.07) is 9.82. The highest BCUT2D eigenvalue weighted by Gasteiger charge is 2.18. The Bertz CT molecular complexity index is 1090. The van der Waals surface area contributed by atoms with Crippen molar-refractivity contribution in [2.75, 3.05) is 6.54 Å². The summed E-state index contributed by atoms with van der Waals surface area (Å²) in [5.41, 5.74) is 0.285. The molecule has 0 spiro atoms. The zero-order valence-electron chi connectivity index (χ0n) is 15.3. The Morgan fingerprint density at radius 1 is 1.15 bits per heavy atom. The number of carbonyl (C=O) groups excluding carboxylic acids is 1. The topological polar surface area (TPSA) is 101 Å². The van der Waals surface area contributed by atoms with Crippen molar-refractivity contribution in [3.63, 3.8) is 0 Å². The molecule has 1 amide bonds. The van der Waals surface area contributed by atoms with Crippen molar-refractivity contribution < 1.29 is 4.79 Å². The molecule has 0 aliphatic carbocycles. The van der Waals surface area contributed by atoms with Crippen LogP contribution < -0.4 is 11.1 Å². The molecule has 140 valence electrons. The predicted molar refractivity (Wildman–Crippen MR) is 102 cm³/mol. The van der Waals surface area contributed by atoms with Crippen LogP contribution in [0.1, 0.15) is 36.6 Å². The number of aryl methyl sites for hydroxylation is 1. The van der Waals surface area contributed by atoms with E-state index in [2.05, 4.69) is 15.1 Å². The molecule has 0 unspecified atom stereocenters. The number of fused-ring (bicyclic) bond motifs is 1. The number of aromatic nitrogens is 4. The van der Waals surface area contributed by atoms with E-state index in [1.807, 2.05) is 19.9 Å². The van der Waals surface area contributed by atoms with Gasteiger partial charge in [-0.15, -0.1) is 0 Å². The van der Waals surface area contributed by atoms with Crippen LogP contribution in [0.15, 0.2) is 46.0 Å². The first-order valence-electron chi connectivity index (χ1n) is 8.88. The summed E-state index contributed by atoms with van der Waals surface area (Å²) in [5, 5.41) is 4.66. The van der Waals surface area contributed by atoms with Crippen LogP contribution in [0, 0.1) is 0 Å². The summed E-state index contributed by atoms with van der Waals surface area (Å²) in [6.07, 6.45) is 0.740. The highest BCUT2D eigenvalue weighted by molar-refractivity contribution is 5.92. The van der Waals surface area contributed by atoms with Gasteiger partial charge in [0.25, 0.3) is 17.0 Å². The standard InChI is InChI=1S/C19H21N5O3/c1-3-11-24-17(25)10-9-15(22-24)19(27)23(4-2)12-16-20-14-8-6-5-7-13(14)18(26)21-16/h5-10H,3-4,11-12H2,1-2H3,(H,20,21,26). The molecule has 0 saturated carbocycles. The largest absolute Gasteiger partial charge is 0.330 e. The molecule has 0 bridgehead atoms. The lowest BCUT2D eigenvalue weighted by Gasteiger charge is -2.20. The minimum atomic E-state index is -0.321. The molecule has 8 heteroatoms. The van der Waals surface area contributed by atoms with Gasteiger partial charge < -0.3 is 9.88 Å². The maximum absolute atomic E-state index is 12.8. The lowest BCUT2D eigenvalue weighted by atomic mass is 10.2. The zero-order valence-corrected chi connectivity index (χ0v) is 15.3. The maximum Gasteiger partial charge on any atom is 0.274 e. The Kier molecular flexibility index (Phi) is 5.44. The Hall–Kier alpha value is -3.29. The van der Waals surface area contributed by atoms with E-state index in [0.29, 0.717) is 29.8 Å². The third kappa shape index (κ3) is 3.94. The fourth-order valence-corrected chi connectivity index (χ4v) is 2.81. The highest BCUT2D eigenvalue weighted by Crippen LogP contribution is 2.09. The number of hydrogen-bond donors (Lipinski definition) is 1. The summed E-state index contributed by atoms with van der Waals surface area (Å²) < 4.78 is 1.29. The summed E-state index contributed by atoms with van der Waals surface area (Å²) in [5.74, 6) is 0.0777. The lowest BCUT2D eigenvalue weighted by Crippen LogP contribution is -2.34. The molecular weight excluding hydrogens is 346 g/mol. The zero-order chi connectivity index (χ0) is 19.4. The number of carbonyl (C=O) groups is 1. The molecule has 0 radical (unpaired) electrons. The molecule has 27 heavy (non-hydrogen) atoms. The molecule has 8 nitrogen and oxygen atoms in total. The summed E-state index contributed by atoms with van der Waals surface area (Å²) in [6.45, 7) is 4.77. The number of nitrogens with one attached hydrogen (secondary N) is 1. The third-order valence-electron chi connectivity index (χ3n) is 4.19. The van der Waals surface area contributed by atoms with Gasteiger partial charge in [0.1, 0.15) is 11.5 Å². The van der Waals surface area contributed by atoms with Crippen LogP contribution in [0.4, 0.5) is 0 Å². The van der Waals surface area contributed by atoms with Crippen molar-refractivity contribution in [1.29, 1.82) is 0 Å². The van der Waals surface area contributed by atoms with Crippen LogP contribution in [0.5, 0.6) is 0 Å². The minimum Gasteiger partial charge on any atom is -0.330 e. The van der Waals surface area contributed by atoms with Gasteiger partial charge in [-0.3, -0.25) is 14.4 Å². The van der Waals surface area contributed by atoms with E-state index in [0.717, 1.165) is 6.42 Å². The van der Waals surface area contributed by atoms with Crippen LogP contribution in [-0.4, -0.2) is 37.1 Å². The van der Waals surface area contributed by atoms with E-state index in [1.165, 1.54) is 21.7 Å². The number of nitrogens with zero attached hydrogens (tertiary/aromatic N) is 4. The summed E-state index contributed by atoms with van der Waals surface area (Å²) in [4.78, 5) is 45.5. The van der Waals surface area contributed by atoms with Gasteiger partial charge in [0, 0.05) is 19.2 Å². The second-order valence-electron chi connectivity index (χ2n) is 6.13. The molecular formula is C19H21N5O3. The van der Waals surface area contributed by atoms with Crippen molar-refractivity contribution in [3.8, 4) is 0 Å². The maximum atomic E-state index is 12.8. The summed E-state index contributed by atoms with van der Waals surface area (Å²) >= 11 is 0. The molecule has 0 aliphatic heterocycles. The molecule has 0 atom stereocenters. The number of benzene rings is 1. The molecule has 1 aromatic carbocycles. The van der Waals surface area contributed by atoms with Crippen molar-refractivity contribution in [2.24, 2.45) is 0 Å². The van der Waals surface area contributed by atoms with Gasteiger partial charge in [-0.1, -0.05) is 19.1 Å². The van der Waals surface area contributed by atoms with Gasteiger partial charge in [-0.25, -0.2) is 9.67 Å². The van der Waals surface area contributed by atoms with E-state index in [-0.39, 0.29) is 29.3 Å². The first-order valence-corrected chi connectivity index (χ1v) is 8.88. The molecule has 2 aromatic heterocycles. The van der Waals surface area contributed by atoms with Crippen molar-refractivity contribution in [1.82, 2.24) is 24.6 Å². The smallest absolute Gasteiger partial charge is 0.274 e. The first-order chi connectivity index (χ1) is 13.0. The highest BCUT2D eigenvalue weighted by atomic mass is 16.2. The molecule has 1 N–H and O–H groups in total. The first kappa shape index (κ1) is 18.5. The lowest BCUT2D eigenvalue weighted by molar-refractivity contribution is 0.0739. The van der Waals surface area contributed by atoms with Crippen LogP contribution in [0.3, 0.4) is 0 Å². The Balaban J connectivity index is 1.89. The number of rotatable bonds is 6. The number of amides is 1. The van der Waals surface area contributed by atoms with Gasteiger partial charge in [0.15, 0.2) is 0 Å². The normalized spacial score (nSPS) is 10.9. The number of aromatic amines is 1. The summed E-state index contributed by atoms with van der Waals surface area (Å²) in [7, 11) is 0. The SMILES string of the molecule is CCCn1nc(C(=O)N(CC)Cc2nc3ccccc3c(=O)[nH]2)ccc1=O. The second kappa shape index (κ2) is 7.94. The van der Waals surface area contributed by atoms with E-state index >= 15 is 0 Å². The Morgan fingerprint density at radius 2 is 1.93 bits per heavy atom. The van der Waals surface area contributed by atoms with Gasteiger partial charge >= 0.3 is 0 Å². The number of H-pyrrole nitrogens is 1. The number of para-hydroxylation sites is 1. The third-order valence-corrected chi connectivity index (χ3v) is 4.19. The Labute approximate surface area is 155 Å². The van der Waals surface area contributed by atoms with Gasteiger partial charge in [0.05, 0.1) is 17.4 Å². The van der Waals surface area contributed by atoms with E-state index in [9.17, 15) is 14.4 Å². The van der Waals surface area contributed by atoms with Gasteiger partial charge in [-0.2, -0.15) is 5.10 Å². The molecule has 2 heterocycles. The van der Waals surface area contributed by atoms with Gasteiger partial charge in [0.2, 0.25) is 0 Å². The molecule has 0 fully saturated rings. The fourth-order valence-electron chi connectivity index (χ4n) is 2.81.